The SMILES string of the molecule is CC(C)(C)C/C=C/C=C/CC(C)(C)C.CC(C)(C)CC=C=CCC(C)(C)C. The van der Waals surface area contributed by atoms with Crippen molar-refractivity contribution in [3.63, 3.8) is 0 Å². The Labute approximate surface area is 172 Å². The minimum atomic E-state index is 0.391. The molecule has 0 saturated carbocycles. The Hall–Kier alpha value is -1.00. The van der Waals surface area contributed by atoms with Crippen molar-refractivity contribution < 1.29 is 0 Å². The molecular formula is C27H50. The maximum absolute atomic E-state index is 3.25. The fourth-order valence-corrected chi connectivity index (χ4v) is 1.81. The van der Waals surface area contributed by atoms with E-state index in [1.807, 2.05) is 0 Å². The number of rotatable bonds is 5. The summed E-state index contributed by atoms with van der Waals surface area (Å²) in [5.74, 6) is 0. The molecule has 0 heterocycles. The maximum Gasteiger partial charge on any atom is -0.0225 e. The van der Waals surface area contributed by atoms with Gasteiger partial charge >= 0.3 is 0 Å². The lowest BCUT2D eigenvalue weighted by atomic mass is 9.91. The molecule has 0 bridgehead atoms. The average molecular weight is 375 g/mol. The fourth-order valence-electron chi connectivity index (χ4n) is 1.81. The van der Waals surface area contributed by atoms with Crippen molar-refractivity contribution in [2.24, 2.45) is 21.7 Å². The molecule has 0 heteroatoms. The Morgan fingerprint density at radius 3 is 0.926 bits per heavy atom. The minimum Gasteiger partial charge on any atom is -0.130 e. The zero-order chi connectivity index (χ0) is 21.8. The first-order valence-electron chi connectivity index (χ1n) is 10.6. The average Bonchev–Trinajstić information content (AvgIpc) is 2.38. The van der Waals surface area contributed by atoms with Crippen LogP contribution in [0, 0.1) is 21.7 Å². The molecule has 0 nitrogen and oxygen atoms in total. The Bertz CT molecular complexity index is 434. The summed E-state index contributed by atoms with van der Waals surface area (Å²) in [7, 11) is 0. The predicted octanol–water partition coefficient (Wildman–Crippen LogP) is 9.54. The van der Waals surface area contributed by atoms with E-state index in [-0.39, 0.29) is 0 Å². The van der Waals surface area contributed by atoms with E-state index in [0.29, 0.717) is 21.7 Å². The lowest BCUT2D eigenvalue weighted by Gasteiger charge is -2.14. The van der Waals surface area contributed by atoms with Gasteiger partial charge in [-0.3, -0.25) is 0 Å². The van der Waals surface area contributed by atoms with Gasteiger partial charge in [0.05, 0.1) is 0 Å². The molecular weight excluding hydrogens is 324 g/mol. The van der Waals surface area contributed by atoms with Crippen LogP contribution in [0.25, 0.3) is 0 Å². The van der Waals surface area contributed by atoms with Crippen molar-refractivity contribution in [1.29, 1.82) is 0 Å². The largest absolute Gasteiger partial charge is 0.130 e. The maximum atomic E-state index is 3.25. The van der Waals surface area contributed by atoms with Gasteiger partial charge in [0.25, 0.3) is 0 Å². The highest BCUT2D eigenvalue weighted by Gasteiger charge is 2.08. The summed E-state index contributed by atoms with van der Waals surface area (Å²) < 4.78 is 0. The molecule has 0 amide bonds. The molecule has 0 aromatic carbocycles. The Kier molecular flexibility index (Phi) is 13.0. The van der Waals surface area contributed by atoms with Crippen LogP contribution in [0.2, 0.25) is 0 Å². The first-order chi connectivity index (χ1) is 11.9. The van der Waals surface area contributed by atoms with Crippen LogP contribution in [0.5, 0.6) is 0 Å². The Balaban J connectivity index is 0. The van der Waals surface area contributed by atoms with Gasteiger partial charge < -0.3 is 0 Å². The van der Waals surface area contributed by atoms with E-state index < -0.39 is 0 Å². The van der Waals surface area contributed by atoms with Gasteiger partial charge in [0.2, 0.25) is 0 Å². The predicted molar refractivity (Wildman–Crippen MR) is 127 cm³/mol. The molecule has 0 aliphatic rings. The van der Waals surface area contributed by atoms with E-state index in [9.17, 15) is 0 Å². The second-order valence-electron chi connectivity index (χ2n) is 12.5. The van der Waals surface area contributed by atoms with E-state index in [0.717, 1.165) is 25.7 Å². The quantitative estimate of drug-likeness (QED) is 0.332. The molecule has 0 radical (unpaired) electrons. The summed E-state index contributed by atoms with van der Waals surface area (Å²) in [6, 6.07) is 0. The van der Waals surface area contributed by atoms with Gasteiger partial charge in [0.15, 0.2) is 0 Å². The first kappa shape index (κ1) is 28.2. The monoisotopic (exact) mass is 374 g/mol. The van der Waals surface area contributed by atoms with Crippen molar-refractivity contribution in [1.82, 2.24) is 0 Å². The van der Waals surface area contributed by atoms with Gasteiger partial charge in [-0.15, -0.1) is 5.73 Å². The first-order valence-corrected chi connectivity index (χ1v) is 10.6. The molecule has 158 valence electrons. The molecule has 0 unspecified atom stereocenters. The zero-order valence-corrected chi connectivity index (χ0v) is 20.8. The van der Waals surface area contributed by atoms with Crippen LogP contribution in [0.3, 0.4) is 0 Å². The van der Waals surface area contributed by atoms with E-state index in [4.69, 9.17) is 0 Å². The number of allylic oxidation sites excluding steroid dienone is 5. The van der Waals surface area contributed by atoms with Crippen molar-refractivity contribution >= 4 is 0 Å². The van der Waals surface area contributed by atoms with Crippen LogP contribution in [-0.2, 0) is 0 Å². The van der Waals surface area contributed by atoms with Gasteiger partial charge in [-0.25, -0.2) is 0 Å². The van der Waals surface area contributed by atoms with Crippen LogP contribution in [-0.4, -0.2) is 0 Å². The third-order valence-corrected chi connectivity index (χ3v) is 3.51. The number of hydrogen-bond donors (Lipinski definition) is 0. The minimum absolute atomic E-state index is 0.391. The van der Waals surface area contributed by atoms with E-state index in [2.05, 4.69) is 125 Å². The Morgan fingerprint density at radius 2 is 0.704 bits per heavy atom. The molecule has 27 heavy (non-hydrogen) atoms. The van der Waals surface area contributed by atoms with Crippen molar-refractivity contribution in [3.8, 4) is 0 Å². The topological polar surface area (TPSA) is 0 Å². The molecule has 0 N–H and O–H groups in total. The third kappa shape index (κ3) is 33.1. The molecule has 0 spiro atoms. The lowest BCUT2D eigenvalue weighted by Crippen LogP contribution is -2.02. The number of hydrogen-bond acceptors (Lipinski definition) is 0. The van der Waals surface area contributed by atoms with Crippen LogP contribution in [0.4, 0.5) is 0 Å². The molecule has 0 saturated heterocycles. The summed E-state index contributed by atoms with van der Waals surface area (Å²) in [4.78, 5) is 0. The lowest BCUT2D eigenvalue weighted by molar-refractivity contribution is 0.418. The molecule has 0 aromatic rings. The van der Waals surface area contributed by atoms with Crippen molar-refractivity contribution in [2.75, 3.05) is 0 Å². The molecule has 0 aromatic heterocycles. The molecule has 0 rings (SSSR count). The normalized spacial score (nSPS) is 13.3. The smallest absolute Gasteiger partial charge is 0.0225 e. The van der Waals surface area contributed by atoms with E-state index >= 15 is 0 Å². The second kappa shape index (κ2) is 12.5. The van der Waals surface area contributed by atoms with Crippen molar-refractivity contribution in [2.45, 2.75) is 109 Å². The molecule has 0 fully saturated rings. The molecule has 0 aliphatic heterocycles. The van der Waals surface area contributed by atoms with Gasteiger partial charge in [-0.2, -0.15) is 0 Å². The highest BCUT2D eigenvalue weighted by molar-refractivity contribution is 5.04. The molecule has 0 atom stereocenters. The van der Waals surface area contributed by atoms with Crippen LogP contribution >= 0.6 is 0 Å². The summed E-state index contributed by atoms with van der Waals surface area (Å²) in [6.07, 6.45) is 17.6. The fraction of sp³-hybridized carbons (Fsp3) is 0.741. The Morgan fingerprint density at radius 1 is 0.444 bits per heavy atom. The zero-order valence-electron chi connectivity index (χ0n) is 20.8. The summed E-state index contributed by atoms with van der Waals surface area (Å²) in [6.45, 7) is 27.0. The van der Waals surface area contributed by atoms with E-state index in [1.54, 1.807) is 0 Å². The summed E-state index contributed by atoms with van der Waals surface area (Å²) in [5, 5.41) is 0. The van der Waals surface area contributed by atoms with Gasteiger partial charge in [-0.1, -0.05) is 107 Å². The van der Waals surface area contributed by atoms with E-state index in [1.165, 1.54) is 0 Å². The highest BCUT2D eigenvalue weighted by atomic mass is 14.1. The molecule has 0 aliphatic carbocycles. The van der Waals surface area contributed by atoms with Gasteiger partial charge in [-0.05, 0) is 59.5 Å². The van der Waals surface area contributed by atoms with Gasteiger partial charge in [0, 0.05) is 0 Å². The van der Waals surface area contributed by atoms with Crippen LogP contribution in [0.15, 0.2) is 42.2 Å². The van der Waals surface area contributed by atoms with Crippen LogP contribution in [0.1, 0.15) is 109 Å². The van der Waals surface area contributed by atoms with Crippen LogP contribution < -0.4 is 0 Å². The van der Waals surface area contributed by atoms with Crippen molar-refractivity contribution in [3.05, 3.63) is 42.2 Å². The summed E-state index contributed by atoms with van der Waals surface area (Å²) >= 11 is 0. The highest BCUT2D eigenvalue weighted by Crippen LogP contribution is 2.21. The third-order valence-electron chi connectivity index (χ3n) is 3.51. The van der Waals surface area contributed by atoms with Gasteiger partial charge in [0.1, 0.15) is 0 Å². The summed E-state index contributed by atoms with van der Waals surface area (Å²) in [5.41, 5.74) is 4.85. The standard InChI is InChI=1S/C14H26.C13H24/c1-13(2,3)11-9-7-8-10-12-14(4,5)6;1-12(2,3)10-8-7-9-11-13(4,5)6/h7-10H,11-12H2,1-6H3;8-9H,10-11H2,1-6H3/b9-7+,10-8+;. The second-order valence-corrected chi connectivity index (χ2v) is 12.5.